The molecular weight excluding hydrogens is 186 g/mol. The summed E-state index contributed by atoms with van der Waals surface area (Å²) in [6, 6.07) is 6.21. The van der Waals surface area contributed by atoms with E-state index in [-0.39, 0.29) is 6.04 Å². The molecule has 1 aromatic heterocycles. The van der Waals surface area contributed by atoms with Crippen LogP contribution in [0.1, 0.15) is 11.7 Å². The quantitative estimate of drug-likeness (QED) is 0.686. The molecule has 1 aliphatic rings. The average molecular weight is 198 g/mol. The van der Waals surface area contributed by atoms with E-state index >= 15 is 0 Å². The predicted molar refractivity (Wildman–Crippen MR) is 52.4 cm³/mol. The molecule has 4 heteroatoms. The van der Waals surface area contributed by atoms with Gasteiger partial charge in [-0.05, 0) is 23.9 Å². The molecule has 0 aliphatic carbocycles. The molecule has 0 spiro atoms. The minimum Gasteiger partial charge on any atom is -0.306 e. The van der Waals surface area contributed by atoms with Gasteiger partial charge in [-0.3, -0.25) is 4.98 Å². The number of pyridine rings is 1. The third-order valence-corrected chi connectivity index (χ3v) is 2.48. The second kappa shape index (κ2) is 4.05. The van der Waals surface area contributed by atoms with E-state index in [1.54, 1.807) is 4.42 Å². The van der Waals surface area contributed by atoms with Gasteiger partial charge in [0.25, 0.3) is 0 Å². The van der Waals surface area contributed by atoms with Crippen LogP contribution in [0.25, 0.3) is 0 Å². The Morgan fingerprint density at radius 3 is 3.15 bits per heavy atom. The highest BCUT2D eigenvalue weighted by Gasteiger charge is 2.19. The second-order valence-corrected chi connectivity index (χ2v) is 3.61. The molecule has 70 valence electrons. The Morgan fingerprint density at radius 2 is 2.46 bits per heavy atom. The fourth-order valence-corrected chi connectivity index (χ4v) is 1.72. The number of hydrogen-bond donors (Lipinski definition) is 1. The van der Waals surface area contributed by atoms with Crippen LogP contribution in [-0.4, -0.2) is 29.0 Å². The third kappa shape index (κ3) is 2.18. The Morgan fingerprint density at radius 1 is 1.54 bits per heavy atom. The molecule has 0 saturated carbocycles. The summed E-state index contributed by atoms with van der Waals surface area (Å²) >= 11 is 5.93. The zero-order valence-electron chi connectivity index (χ0n) is 7.28. The van der Waals surface area contributed by atoms with Crippen LogP contribution in [-0.2, 0) is 0 Å². The first-order chi connectivity index (χ1) is 6.36. The Hall–Kier alpha value is -0.640. The summed E-state index contributed by atoms with van der Waals surface area (Å²) in [4.78, 5) is 4.29. The highest BCUT2D eigenvalue weighted by Crippen LogP contribution is 2.15. The molecule has 0 aromatic carbocycles. The Bertz CT molecular complexity index is 265. The van der Waals surface area contributed by atoms with E-state index in [1.165, 1.54) is 0 Å². The van der Waals surface area contributed by atoms with Crippen molar-refractivity contribution in [2.75, 3.05) is 19.6 Å². The van der Waals surface area contributed by atoms with Gasteiger partial charge in [-0.2, -0.15) is 0 Å². The van der Waals surface area contributed by atoms with E-state index in [0.717, 1.165) is 25.3 Å². The molecule has 13 heavy (non-hydrogen) atoms. The lowest BCUT2D eigenvalue weighted by atomic mass is 10.1. The van der Waals surface area contributed by atoms with E-state index in [9.17, 15) is 0 Å². The van der Waals surface area contributed by atoms with Crippen molar-refractivity contribution in [3.8, 4) is 0 Å². The molecule has 0 bridgehead atoms. The molecule has 0 amide bonds. The Balaban J connectivity index is 2.08. The smallest absolute Gasteiger partial charge is 0.0638 e. The fraction of sp³-hybridized carbons (Fsp3) is 0.444. The zero-order chi connectivity index (χ0) is 9.10. The van der Waals surface area contributed by atoms with Crippen LogP contribution in [0.2, 0.25) is 0 Å². The number of hydrogen-bond acceptors (Lipinski definition) is 3. The number of rotatable bonds is 1. The van der Waals surface area contributed by atoms with Crippen molar-refractivity contribution < 1.29 is 0 Å². The summed E-state index contributed by atoms with van der Waals surface area (Å²) < 4.78 is 1.80. The first-order valence-corrected chi connectivity index (χ1v) is 4.75. The SMILES string of the molecule is ClN1CCNC(c2ccccn2)C1. The fourth-order valence-electron chi connectivity index (χ4n) is 1.49. The van der Waals surface area contributed by atoms with E-state index in [4.69, 9.17) is 11.8 Å². The summed E-state index contributed by atoms with van der Waals surface area (Å²) in [5.74, 6) is 0. The van der Waals surface area contributed by atoms with Crippen molar-refractivity contribution >= 4 is 11.8 Å². The highest BCUT2D eigenvalue weighted by atomic mass is 35.5. The second-order valence-electron chi connectivity index (χ2n) is 3.13. The lowest BCUT2D eigenvalue weighted by Gasteiger charge is -2.28. The summed E-state index contributed by atoms with van der Waals surface area (Å²) in [6.45, 7) is 2.63. The van der Waals surface area contributed by atoms with Gasteiger partial charge < -0.3 is 5.32 Å². The van der Waals surface area contributed by atoms with E-state index in [0.29, 0.717) is 0 Å². The summed E-state index contributed by atoms with van der Waals surface area (Å²) in [5, 5.41) is 3.38. The van der Waals surface area contributed by atoms with Gasteiger partial charge in [0.2, 0.25) is 0 Å². The monoisotopic (exact) mass is 197 g/mol. The largest absolute Gasteiger partial charge is 0.306 e. The van der Waals surface area contributed by atoms with Gasteiger partial charge >= 0.3 is 0 Å². The van der Waals surface area contributed by atoms with Crippen molar-refractivity contribution in [3.05, 3.63) is 30.1 Å². The molecule has 1 atom stereocenters. The third-order valence-electron chi connectivity index (χ3n) is 2.17. The van der Waals surface area contributed by atoms with Crippen molar-refractivity contribution in [2.45, 2.75) is 6.04 Å². The van der Waals surface area contributed by atoms with Crippen LogP contribution in [0, 0.1) is 0 Å². The Labute approximate surface area is 82.8 Å². The molecule has 1 aliphatic heterocycles. The van der Waals surface area contributed by atoms with Crippen molar-refractivity contribution in [1.82, 2.24) is 14.7 Å². The predicted octanol–water partition coefficient (Wildman–Crippen LogP) is 1.18. The molecule has 1 fully saturated rings. The summed E-state index contributed by atoms with van der Waals surface area (Å²) in [5.41, 5.74) is 1.06. The van der Waals surface area contributed by atoms with Gasteiger partial charge in [-0.1, -0.05) is 6.07 Å². The first kappa shape index (κ1) is 8.94. The molecule has 1 unspecified atom stereocenters. The molecular formula is C9H12ClN3. The van der Waals surface area contributed by atoms with Gasteiger partial charge in [0.1, 0.15) is 0 Å². The first-order valence-electron chi connectivity index (χ1n) is 4.41. The topological polar surface area (TPSA) is 28.2 Å². The number of halogens is 1. The molecule has 3 nitrogen and oxygen atoms in total. The molecule has 1 N–H and O–H groups in total. The van der Waals surface area contributed by atoms with Crippen LogP contribution in [0.15, 0.2) is 24.4 Å². The standard InChI is InChI=1S/C9H12ClN3/c10-13-6-5-12-9(7-13)8-3-1-2-4-11-8/h1-4,9,12H,5-7H2. The number of piperazine rings is 1. The van der Waals surface area contributed by atoms with Crippen LogP contribution in [0.3, 0.4) is 0 Å². The van der Waals surface area contributed by atoms with Crippen LogP contribution >= 0.6 is 11.8 Å². The van der Waals surface area contributed by atoms with Crippen LogP contribution in [0.5, 0.6) is 0 Å². The lowest BCUT2D eigenvalue weighted by Crippen LogP contribution is -2.41. The van der Waals surface area contributed by atoms with Gasteiger partial charge in [0.15, 0.2) is 0 Å². The maximum atomic E-state index is 5.93. The summed E-state index contributed by atoms with van der Waals surface area (Å²) in [7, 11) is 0. The molecule has 2 rings (SSSR count). The summed E-state index contributed by atoms with van der Waals surface area (Å²) in [6.07, 6.45) is 1.81. The zero-order valence-corrected chi connectivity index (χ0v) is 8.04. The molecule has 2 heterocycles. The number of nitrogens with zero attached hydrogens (tertiary/aromatic N) is 2. The van der Waals surface area contributed by atoms with Crippen LogP contribution in [0.4, 0.5) is 0 Å². The van der Waals surface area contributed by atoms with Gasteiger partial charge in [0, 0.05) is 25.8 Å². The Kier molecular flexibility index (Phi) is 2.78. The lowest BCUT2D eigenvalue weighted by molar-refractivity contribution is 0.311. The van der Waals surface area contributed by atoms with E-state index in [1.807, 2.05) is 24.4 Å². The number of nitrogens with one attached hydrogen (secondary N) is 1. The highest BCUT2D eigenvalue weighted by molar-refractivity contribution is 6.13. The van der Waals surface area contributed by atoms with Crippen LogP contribution < -0.4 is 5.32 Å². The van der Waals surface area contributed by atoms with Gasteiger partial charge in [-0.25, -0.2) is 4.42 Å². The maximum absolute atomic E-state index is 5.93. The van der Waals surface area contributed by atoms with Gasteiger partial charge in [0.05, 0.1) is 11.7 Å². The molecule has 1 saturated heterocycles. The van der Waals surface area contributed by atoms with Crippen molar-refractivity contribution in [3.63, 3.8) is 0 Å². The molecule has 0 radical (unpaired) electrons. The van der Waals surface area contributed by atoms with Crippen molar-refractivity contribution in [2.24, 2.45) is 0 Å². The van der Waals surface area contributed by atoms with Gasteiger partial charge in [-0.15, -0.1) is 0 Å². The minimum atomic E-state index is 0.271. The molecule has 1 aromatic rings. The van der Waals surface area contributed by atoms with E-state index < -0.39 is 0 Å². The average Bonchev–Trinajstić information content (AvgIpc) is 2.19. The minimum absolute atomic E-state index is 0.271. The van der Waals surface area contributed by atoms with E-state index in [2.05, 4.69) is 10.3 Å². The number of aromatic nitrogens is 1. The normalized spacial score (nSPS) is 24.5. The van der Waals surface area contributed by atoms with Crippen molar-refractivity contribution in [1.29, 1.82) is 0 Å². The maximum Gasteiger partial charge on any atom is 0.0638 e.